The van der Waals surface area contributed by atoms with Crippen LogP contribution in [-0.2, 0) is 11.3 Å². The van der Waals surface area contributed by atoms with E-state index in [1.54, 1.807) is 4.57 Å². The molecule has 0 aliphatic heterocycles. The zero-order valence-electron chi connectivity index (χ0n) is 11.1. The standard InChI is InChI=1S/C13H16BrN3OS/c1-13(2,3)16-11(18)7-17-10-6-8(14)4-5-9(10)15-12(17)19/h4-6H,7H2,1-3H3,(H,15,19)(H,16,18). The second kappa shape index (κ2) is 5.09. The van der Waals surface area contributed by atoms with E-state index in [2.05, 4.69) is 26.2 Å². The molecule has 0 bridgehead atoms. The maximum absolute atomic E-state index is 12.0. The summed E-state index contributed by atoms with van der Waals surface area (Å²) in [7, 11) is 0. The first-order valence-electron chi connectivity index (χ1n) is 5.95. The summed E-state index contributed by atoms with van der Waals surface area (Å²) in [5, 5.41) is 2.93. The van der Waals surface area contributed by atoms with Crippen molar-refractivity contribution in [1.29, 1.82) is 0 Å². The SMILES string of the molecule is CC(C)(C)NC(=O)Cn1c(=S)[nH]c2ccc(Br)cc21. The fourth-order valence-corrected chi connectivity index (χ4v) is 2.51. The predicted molar refractivity (Wildman–Crippen MR) is 82.7 cm³/mol. The molecule has 1 heterocycles. The van der Waals surface area contributed by atoms with Crippen LogP contribution in [0.4, 0.5) is 0 Å². The molecule has 0 aliphatic carbocycles. The van der Waals surface area contributed by atoms with E-state index >= 15 is 0 Å². The van der Waals surface area contributed by atoms with E-state index in [1.807, 2.05) is 39.0 Å². The van der Waals surface area contributed by atoms with Gasteiger partial charge in [-0.15, -0.1) is 0 Å². The highest BCUT2D eigenvalue weighted by molar-refractivity contribution is 9.10. The molecule has 0 spiro atoms. The number of imidazole rings is 1. The number of carbonyl (C=O) groups is 1. The summed E-state index contributed by atoms with van der Waals surface area (Å²) >= 11 is 8.70. The smallest absolute Gasteiger partial charge is 0.240 e. The monoisotopic (exact) mass is 341 g/mol. The van der Waals surface area contributed by atoms with Gasteiger partial charge in [0.1, 0.15) is 6.54 Å². The van der Waals surface area contributed by atoms with Gasteiger partial charge in [0.05, 0.1) is 11.0 Å². The molecule has 2 aromatic rings. The normalized spacial score (nSPS) is 11.8. The molecule has 1 aromatic heterocycles. The van der Waals surface area contributed by atoms with Crippen molar-refractivity contribution >= 4 is 45.1 Å². The molecule has 0 unspecified atom stereocenters. The van der Waals surface area contributed by atoms with Crippen molar-refractivity contribution in [3.63, 3.8) is 0 Å². The van der Waals surface area contributed by atoms with Crippen molar-refractivity contribution < 1.29 is 4.79 Å². The van der Waals surface area contributed by atoms with Gasteiger partial charge in [0.25, 0.3) is 0 Å². The molecule has 0 radical (unpaired) electrons. The first-order chi connectivity index (χ1) is 8.76. The average molecular weight is 342 g/mol. The Morgan fingerprint density at radius 3 is 2.79 bits per heavy atom. The lowest BCUT2D eigenvalue weighted by molar-refractivity contribution is -0.123. The van der Waals surface area contributed by atoms with Crippen molar-refractivity contribution in [1.82, 2.24) is 14.9 Å². The molecule has 6 heteroatoms. The van der Waals surface area contributed by atoms with Gasteiger partial charge in [-0.1, -0.05) is 15.9 Å². The molecule has 0 atom stereocenters. The topological polar surface area (TPSA) is 49.8 Å². The van der Waals surface area contributed by atoms with Crippen molar-refractivity contribution in [2.45, 2.75) is 32.9 Å². The van der Waals surface area contributed by atoms with Gasteiger partial charge in [-0.2, -0.15) is 0 Å². The number of benzene rings is 1. The quantitative estimate of drug-likeness (QED) is 0.822. The summed E-state index contributed by atoms with van der Waals surface area (Å²) in [5.74, 6) is -0.0514. The van der Waals surface area contributed by atoms with Crippen molar-refractivity contribution in [2.75, 3.05) is 0 Å². The number of aromatic nitrogens is 2. The first-order valence-corrected chi connectivity index (χ1v) is 7.15. The molecule has 0 aliphatic rings. The van der Waals surface area contributed by atoms with Gasteiger partial charge >= 0.3 is 0 Å². The summed E-state index contributed by atoms with van der Waals surface area (Å²) in [5.41, 5.74) is 1.60. The Hall–Kier alpha value is -1.14. The van der Waals surface area contributed by atoms with Crippen LogP contribution in [0.15, 0.2) is 22.7 Å². The van der Waals surface area contributed by atoms with Gasteiger partial charge in [-0.05, 0) is 51.2 Å². The highest BCUT2D eigenvalue weighted by Gasteiger charge is 2.15. The summed E-state index contributed by atoms with van der Waals surface area (Å²) in [6.07, 6.45) is 0. The highest BCUT2D eigenvalue weighted by Crippen LogP contribution is 2.19. The van der Waals surface area contributed by atoms with Gasteiger partial charge in [0.15, 0.2) is 4.77 Å². The zero-order valence-corrected chi connectivity index (χ0v) is 13.5. The third-order valence-corrected chi connectivity index (χ3v) is 3.37. The molecule has 0 saturated carbocycles. The van der Waals surface area contributed by atoms with Crippen LogP contribution in [0.1, 0.15) is 20.8 Å². The summed E-state index contributed by atoms with van der Waals surface area (Å²) < 4.78 is 3.31. The van der Waals surface area contributed by atoms with Crippen molar-refractivity contribution in [2.24, 2.45) is 0 Å². The largest absolute Gasteiger partial charge is 0.350 e. The number of aromatic amines is 1. The number of halogens is 1. The van der Waals surface area contributed by atoms with E-state index in [1.165, 1.54) is 0 Å². The van der Waals surface area contributed by atoms with Crippen LogP contribution >= 0.6 is 28.1 Å². The Kier molecular flexibility index (Phi) is 3.82. The van der Waals surface area contributed by atoms with Gasteiger partial charge < -0.3 is 14.9 Å². The Labute approximate surface area is 125 Å². The van der Waals surface area contributed by atoms with E-state index in [0.29, 0.717) is 4.77 Å². The Morgan fingerprint density at radius 1 is 1.47 bits per heavy atom. The molecular weight excluding hydrogens is 326 g/mol. The minimum absolute atomic E-state index is 0.0514. The number of hydrogen-bond acceptors (Lipinski definition) is 2. The van der Waals surface area contributed by atoms with E-state index in [4.69, 9.17) is 12.2 Å². The lowest BCUT2D eigenvalue weighted by Gasteiger charge is -2.20. The second-order valence-electron chi connectivity index (χ2n) is 5.48. The van der Waals surface area contributed by atoms with E-state index in [0.717, 1.165) is 15.5 Å². The van der Waals surface area contributed by atoms with Crippen LogP contribution in [0.25, 0.3) is 11.0 Å². The molecule has 2 rings (SSSR count). The molecule has 2 N–H and O–H groups in total. The lowest BCUT2D eigenvalue weighted by Crippen LogP contribution is -2.42. The van der Waals surface area contributed by atoms with Crippen molar-refractivity contribution in [3.05, 3.63) is 27.4 Å². The van der Waals surface area contributed by atoms with Crippen LogP contribution in [0.2, 0.25) is 0 Å². The zero-order chi connectivity index (χ0) is 14.2. The fourth-order valence-electron chi connectivity index (χ4n) is 1.88. The maximum atomic E-state index is 12.0. The average Bonchev–Trinajstić information content (AvgIpc) is 2.53. The minimum Gasteiger partial charge on any atom is -0.350 e. The number of nitrogens with one attached hydrogen (secondary N) is 2. The number of carbonyl (C=O) groups excluding carboxylic acids is 1. The van der Waals surface area contributed by atoms with E-state index in [-0.39, 0.29) is 18.0 Å². The van der Waals surface area contributed by atoms with Crippen molar-refractivity contribution in [3.8, 4) is 0 Å². The maximum Gasteiger partial charge on any atom is 0.240 e. The molecular formula is C13H16BrN3OS. The van der Waals surface area contributed by atoms with Crippen LogP contribution in [-0.4, -0.2) is 21.0 Å². The molecule has 19 heavy (non-hydrogen) atoms. The predicted octanol–water partition coefficient (Wildman–Crippen LogP) is 3.38. The number of fused-ring (bicyclic) bond motifs is 1. The Bertz CT molecular complexity index is 681. The van der Waals surface area contributed by atoms with Gasteiger partial charge in [-0.25, -0.2) is 0 Å². The van der Waals surface area contributed by atoms with Gasteiger partial charge in [0, 0.05) is 10.0 Å². The molecule has 102 valence electrons. The third-order valence-electron chi connectivity index (χ3n) is 2.55. The number of rotatable bonds is 2. The highest BCUT2D eigenvalue weighted by atomic mass is 79.9. The molecule has 0 fully saturated rings. The van der Waals surface area contributed by atoms with Crippen LogP contribution < -0.4 is 5.32 Å². The van der Waals surface area contributed by atoms with Gasteiger partial charge in [-0.3, -0.25) is 4.79 Å². The van der Waals surface area contributed by atoms with Gasteiger partial charge in [0.2, 0.25) is 5.91 Å². The number of H-pyrrole nitrogens is 1. The first kappa shape index (κ1) is 14.3. The van der Waals surface area contributed by atoms with Crippen LogP contribution in [0, 0.1) is 4.77 Å². The second-order valence-corrected chi connectivity index (χ2v) is 6.78. The fraction of sp³-hybridized carbons (Fsp3) is 0.385. The number of nitrogens with zero attached hydrogens (tertiary/aromatic N) is 1. The lowest BCUT2D eigenvalue weighted by atomic mass is 10.1. The molecule has 4 nitrogen and oxygen atoms in total. The molecule has 1 aromatic carbocycles. The number of amides is 1. The minimum atomic E-state index is -0.244. The summed E-state index contributed by atoms with van der Waals surface area (Å²) in [6.45, 7) is 6.08. The summed E-state index contributed by atoms with van der Waals surface area (Å²) in [4.78, 5) is 15.1. The van der Waals surface area contributed by atoms with E-state index < -0.39 is 0 Å². The van der Waals surface area contributed by atoms with Crippen LogP contribution in [0.3, 0.4) is 0 Å². The summed E-state index contributed by atoms with van der Waals surface area (Å²) in [6, 6.07) is 5.83. The third kappa shape index (κ3) is 3.45. The number of hydrogen-bond donors (Lipinski definition) is 2. The Morgan fingerprint density at radius 2 is 2.16 bits per heavy atom. The molecule has 0 saturated heterocycles. The van der Waals surface area contributed by atoms with Crippen LogP contribution in [0.5, 0.6) is 0 Å². The molecule has 1 amide bonds. The van der Waals surface area contributed by atoms with E-state index in [9.17, 15) is 4.79 Å². The Balaban J connectivity index is 2.35.